The first kappa shape index (κ1) is 21.8. The van der Waals surface area contributed by atoms with Gasteiger partial charge in [-0.1, -0.05) is 13.8 Å². The molecule has 1 aliphatic rings. The van der Waals surface area contributed by atoms with Gasteiger partial charge in [-0.15, -0.1) is 24.0 Å². The van der Waals surface area contributed by atoms with Gasteiger partial charge in [0.1, 0.15) is 5.76 Å². The molecule has 25 heavy (non-hydrogen) atoms. The second-order valence-electron chi connectivity index (χ2n) is 6.60. The maximum atomic E-state index is 11.6. The van der Waals surface area contributed by atoms with Gasteiger partial charge in [0.15, 0.2) is 5.96 Å². The van der Waals surface area contributed by atoms with E-state index in [2.05, 4.69) is 29.5 Å². The number of nitrogens with one attached hydrogen (secondary N) is 2. The van der Waals surface area contributed by atoms with Crippen LogP contribution in [0, 0.1) is 5.92 Å². The van der Waals surface area contributed by atoms with E-state index >= 15 is 0 Å². The Kier molecular flexibility index (Phi) is 10.6. The summed E-state index contributed by atoms with van der Waals surface area (Å²) >= 11 is 0. The molecular formula is C18H31IN4O2. The average molecular weight is 462 g/mol. The van der Waals surface area contributed by atoms with Gasteiger partial charge < -0.3 is 20.0 Å². The van der Waals surface area contributed by atoms with Crippen molar-refractivity contribution in [2.24, 2.45) is 10.9 Å². The zero-order valence-corrected chi connectivity index (χ0v) is 17.6. The number of carbonyl (C=O) groups is 1. The maximum Gasteiger partial charge on any atom is 0.222 e. The quantitative estimate of drug-likeness (QED) is 0.256. The van der Waals surface area contributed by atoms with Crippen LogP contribution in [0.4, 0.5) is 0 Å². The van der Waals surface area contributed by atoms with E-state index < -0.39 is 0 Å². The predicted octanol–water partition coefficient (Wildman–Crippen LogP) is 2.64. The lowest BCUT2D eigenvalue weighted by molar-refractivity contribution is -0.127. The van der Waals surface area contributed by atoms with E-state index in [4.69, 9.17) is 4.42 Å². The molecule has 1 aliphatic heterocycles. The molecule has 0 radical (unpaired) electrons. The number of rotatable bonds is 9. The SMILES string of the molecule is CC(C)CN=C(NCCCN1CCCC1=O)NCCc1ccco1.I. The highest BCUT2D eigenvalue weighted by atomic mass is 127. The number of hydrogen-bond acceptors (Lipinski definition) is 3. The van der Waals surface area contributed by atoms with Crippen molar-refractivity contribution in [1.29, 1.82) is 0 Å². The summed E-state index contributed by atoms with van der Waals surface area (Å²) in [6, 6.07) is 3.88. The predicted molar refractivity (Wildman–Crippen MR) is 111 cm³/mol. The molecule has 0 unspecified atom stereocenters. The van der Waals surface area contributed by atoms with Gasteiger partial charge in [0.2, 0.25) is 5.91 Å². The average Bonchev–Trinajstić information content (AvgIpc) is 3.20. The Morgan fingerprint density at radius 1 is 1.36 bits per heavy atom. The number of carbonyl (C=O) groups excluding carboxylic acids is 1. The van der Waals surface area contributed by atoms with Gasteiger partial charge in [-0.25, -0.2) is 0 Å². The maximum absolute atomic E-state index is 11.6. The van der Waals surface area contributed by atoms with Gasteiger partial charge in [-0.2, -0.15) is 0 Å². The molecule has 2 heterocycles. The molecule has 1 aromatic rings. The van der Waals surface area contributed by atoms with Crippen LogP contribution < -0.4 is 10.6 Å². The summed E-state index contributed by atoms with van der Waals surface area (Å²) in [7, 11) is 0. The smallest absolute Gasteiger partial charge is 0.222 e. The first-order valence-corrected chi connectivity index (χ1v) is 8.97. The van der Waals surface area contributed by atoms with Gasteiger partial charge in [0, 0.05) is 45.6 Å². The van der Waals surface area contributed by atoms with Crippen LogP contribution in [0.1, 0.15) is 38.9 Å². The topological polar surface area (TPSA) is 69.9 Å². The molecule has 0 aromatic carbocycles. The first-order chi connectivity index (χ1) is 11.6. The highest BCUT2D eigenvalue weighted by molar-refractivity contribution is 14.0. The van der Waals surface area contributed by atoms with Crippen molar-refractivity contribution >= 4 is 35.8 Å². The van der Waals surface area contributed by atoms with Gasteiger partial charge >= 0.3 is 0 Å². The summed E-state index contributed by atoms with van der Waals surface area (Å²) in [6.07, 6.45) is 5.18. The van der Waals surface area contributed by atoms with Crippen LogP contribution in [0.3, 0.4) is 0 Å². The Hall–Kier alpha value is -1.25. The van der Waals surface area contributed by atoms with E-state index in [0.717, 1.165) is 63.7 Å². The van der Waals surface area contributed by atoms with Crippen LogP contribution in [0.25, 0.3) is 0 Å². The van der Waals surface area contributed by atoms with Crippen LogP contribution in [0.15, 0.2) is 27.8 Å². The molecule has 1 aromatic heterocycles. The third kappa shape index (κ3) is 8.60. The largest absolute Gasteiger partial charge is 0.469 e. The second kappa shape index (κ2) is 12.2. The number of amides is 1. The summed E-state index contributed by atoms with van der Waals surface area (Å²) in [5.74, 6) is 2.62. The standard InChI is InChI=1S/C18H30N4O2.HI/c1-15(2)14-21-18(20-10-8-16-6-4-13-24-16)19-9-5-12-22-11-3-7-17(22)23;/h4,6,13,15H,3,5,7-12,14H2,1-2H3,(H2,19,20,21);1H. The van der Waals surface area contributed by atoms with Crippen LogP contribution in [0.5, 0.6) is 0 Å². The summed E-state index contributed by atoms with van der Waals surface area (Å²) < 4.78 is 5.34. The minimum atomic E-state index is 0. The monoisotopic (exact) mass is 462 g/mol. The molecule has 0 saturated carbocycles. The van der Waals surface area contributed by atoms with E-state index in [1.54, 1.807) is 6.26 Å². The van der Waals surface area contributed by atoms with Gasteiger partial charge in [0.25, 0.3) is 0 Å². The third-order valence-electron chi connectivity index (χ3n) is 3.93. The number of aliphatic imine (C=N–C) groups is 1. The minimum absolute atomic E-state index is 0. The van der Waals surface area contributed by atoms with Crippen molar-refractivity contribution in [3.63, 3.8) is 0 Å². The summed E-state index contributed by atoms with van der Waals surface area (Å²) in [4.78, 5) is 18.2. The Morgan fingerprint density at radius 3 is 2.80 bits per heavy atom. The minimum Gasteiger partial charge on any atom is -0.469 e. The van der Waals surface area contributed by atoms with E-state index in [9.17, 15) is 4.79 Å². The summed E-state index contributed by atoms with van der Waals surface area (Å²) in [6.45, 7) is 8.44. The van der Waals surface area contributed by atoms with E-state index in [0.29, 0.717) is 18.2 Å². The molecule has 142 valence electrons. The van der Waals surface area contributed by atoms with E-state index in [1.807, 2.05) is 17.0 Å². The molecule has 7 heteroatoms. The van der Waals surface area contributed by atoms with Gasteiger partial charge in [-0.3, -0.25) is 9.79 Å². The van der Waals surface area contributed by atoms with Crippen molar-refractivity contribution in [3.05, 3.63) is 24.2 Å². The molecule has 1 saturated heterocycles. The number of furan rings is 1. The van der Waals surface area contributed by atoms with Crippen molar-refractivity contribution in [1.82, 2.24) is 15.5 Å². The van der Waals surface area contributed by atoms with Crippen molar-refractivity contribution < 1.29 is 9.21 Å². The molecule has 1 fully saturated rings. The molecule has 6 nitrogen and oxygen atoms in total. The first-order valence-electron chi connectivity index (χ1n) is 8.97. The lowest BCUT2D eigenvalue weighted by Gasteiger charge is -2.17. The normalized spacial score (nSPS) is 14.8. The molecule has 2 N–H and O–H groups in total. The number of hydrogen-bond donors (Lipinski definition) is 2. The number of guanidine groups is 1. The number of likely N-dealkylation sites (tertiary alicyclic amines) is 1. The highest BCUT2D eigenvalue weighted by Gasteiger charge is 2.18. The molecule has 1 amide bonds. The van der Waals surface area contributed by atoms with Gasteiger partial charge in [-0.05, 0) is 30.9 Å². The fourth-order valence-corrected chi connectivity index (χ4v) is 2.62. The molecule has 2 rings (SSSR count). The van der Waals surface area contributed by atoms with Crippen LogP contribution in [-0.2, 0) is 11.2 Å². The summed E-state index contributed by atoms with van der Waals surface area (Å²) in [5.41, 5.74) is 0. The second-order valence-corrected chi connectivity index (χ2v) is 6.60. The zero-order valence-electron chi connectivity index (χ0n) is 15.3. The molecule has 0 bridgehead atoms. The molecule has 0 atom stereocenters. The Balaban J connectivity index is 0.00000312. The number of nitrogens with zero attached hydrogens (tertiary/aromatic N) is 2. The van der Waals surface area contributed by atoms with Crippen LogP contribution in [0.2, 0.25) is 0 Å². The van der Waals surface area contributed by atoms with Crippen molar-refractivity contribution in [3.8, 4) is 0 Å². The van der Waals surface area contributed by atoms with Gasteiger partial charge in [0.05, 0.1) is 6.26 Å². The third-order valence-corrected chi connectivity index (χ3v) is 3.93. The Bertz CT molecular complexity index is 517. The van der Waals surface area contributed by atoms with E-state index in [1.165, 1.54) is 0 Å². The zero-order chi connectivity index (χ0) is 17.2. The highest BCUT2D eigenvalue weighted by Crippen LogP contribution is 2.09. The molecule has 0 spiro atoms. The lowest BCUT2D eigenvalue weighted by atomic mass is 10.2. The Labute approximate surface area is 167 Å². The van der Waals surface area contributed by atoms with Crippen molar-refractivity contribution in [2.75, 3.05) is 32.7 Å². The number of halogens is 1. The van der Waals surface area contributed by atoms with E-state index in [-0.39, 0.29) is 24.0 Å². The fourth-order valence-electron chi connectivity index (χ4n) is 2.62. The lowest BCUT2D eigenvalue weighted by Crippen LogP contribution is -2.40. The van der Waals surface area contributed by atoms with Crippen LogP contribution in [-0.4, -0.2) is 49.5 Å². The molecule has 0 aliphatic carbocycles. The summed E-state index contributed by atoms with van der Waals surface area (Å²) in [5, 5.41) is 6.71. The van der Waals surface area contributed by atoms with Crippen LogP contribution >= 0.6 is 24.0 Å². The van der Waals surface area contributed by atoms with Crippen molar-refractivity contribution in [2.45, 2.75) is 39.5 Å². The Morgan fingerprint density at radius 2 is 2.16 bits per heavy atom. The molecular weight excluding hydrogens is 431 g/mol. The fraction of sp³-hybridized carbons (Fsp3) is 0.667.